The molecule has 1 unspecified atom stereocenters. The smallest absolute Gasteiger partial charge is 0.254 e. The first-order valence-electron chi connectivity index (χ1n) is 6.63. The highest BCUT2D eigenvalue weighted by atomic mass is 35.5. The summed E-state index contributed by atoms with van der Waals surface area (Å²) >= 11 is 1.27. The molecular formula is C12H22ClN3O2S2. The van der Waals surface area contributed by atoms with Crippen LogP contribution in [0.1, 0.15) is 30.5 Å². The van der Waals surface area contributed by atoms with E-state index in [2.05, 4.69) is 10.3 Å². The quantitative estimate of drug-likeness (QED) is 0.890. The molecule has 1 saturated heterocycles. The Morgan fingerprint density at radius 3 is 2.60 bits per heavy atom. The lowest BCUT2D eigenvalue weighted by atomic mass is 10.2. The van der Waals surface area contributed by atoms with Crippen LogP contribution < -0.4 is 5.32 Å². The van der Waals surface area contributed by atoms with E-state index in [1.807, 2.05) is 13.8 Å². The molecule has 116 valence electrons. The molecule has 1 aliphatic heterocycles. The summed E-state index contributed by atoms with van der Waals surface area (Å²) in [5, 5.41) is 4.04. The number of hydrogen-bond donors (Lipinski definition) is 1. The summed E-state index contributed by atoms with van der Waals surface area (Å²) in [7, 11) is -3.41. The van der Waals surface area contributed by atoms with Crippen LogP contribution in [0.4, 0.5) is 0 Å². The molecule has 0 aromatic carbocycles. The summed E-state index contributed by atoms with van der Waals surface area (Å²) in [6.45, 7) is 7.84. The molecule has 0 amide bonds. The number of rotatable bonds is 5. The molecule has 0 saturated carbocycles. The summed E-state index contributed by atoms with van der Waals surface area (Å²) in [4.78, 5) is 4.24. The van der Waals surface area contributed by atoms with E-state index in [1.54, 1.807) is 11.2 Å². The third kappa shape index (κ3) is 3.51. The Kier molecular flexibility index (Phi) is 6.40. The van der Waals surface area contributed by atoms with E-state index in [4.69, 9.17) is 0 Å². The highest BCUT2D eigenvalue weighted by Crippen LogP contribution is 2.28. The van der Waals surface area contributed by atoms with Crippen molar-refractivity contribution in [2.45, 2.75) is 43.9 Å². The SMILES string of the molecule is CCCN(C1CCNC1)S(=O)(=O)c1sc(C)nc1C.Cl. The highest BCUT2D eigenvalue weighted by molar-refractivity contribution is 7.91. The molecule has 2 rings (SSSR count). The average Bonchev–Trinajstić information content (AvgIpc) is 2.95. The lowest BCUT2D eigenvalue weighted by Gasteiger charge is -2.26. The van der Waals surface area contributed by atoms with E-state index in [1.165, 1.54) is 11.3 Å². The van der Waals surface area contributed by atoms with E-state index in [9.17, 15) is 8.42 Å². The van der Waals surface area contributed by atoms with E-state index in [-0.39, 0.29) is 18.4 Å². The molecule has 0 aliphatic carbocycles. The van der Waals surface area contributed by atoms with Gasteiger partial charge in [-0.05, 0) is 33.2 Å². The Morgan fingerprint density at radius 1 is 1.45 bits per heavy atom. The van der Waals surface area contributed by atoms with Gasteiger partial charge >= 0.3 is 0 Å². The molecule has 1 aromatic rings. The summed E-state index contributed by atoms with van der Waals surface area (Å²) in [6.07, 6.45) is 1.71. The Bertz CT molecular complexity index is 539. The molecule has 1 atom stereocenters. The monoisotopic (exact) mass is 339 g/mol. The van der Waals surface area contributed by atoms with Crippen LogP contribution in [0.3, 0.4) is 0 Å². The van der Waals surface area contributed by atoms with Crippen LogP contribution in [0.25, 0.3) is 0 Å². The number of aryl methyl sites for hydroxylation is 2. The summed E-state index contributed by atoms with van der Waals surface area (Å²) in [5.74, 6) is 0. The molecule has 2 heterocycles. The van der Waals surface area contributed by atoms with Gasteiger partial charge in [0.2, 0.25) is 0 Å². The topological polar surface area (TPSA) is 62.3 Å². The maximum atomic E-state index is 12.8. The zero-order valence-electron chi connectivity index (χ0n) is 12.0. The fraction of sp³-hybridized carbons (Fsp3) is 0.750. The van der Waals surface area contributed by atoms with Crippen molar-refractivity contribution in [3.8, 4) is 0 Å². The number of nitrogens with zero attached hydrogens (tertiary/aromatic N) is 2. The minimum atomic E-state index is -3.41. The van der Waals surface area contributed by atoms with Gasteiger partial charge in [-0.2, -0.15) is 4.31 Å². The Balaban J connectivity index is 0.00000200. The van der Waals surface area contributed by atoms with Crippen molar-refractivity contribution >= 4 is 33.8 Å². The van der Waals surface area contributed by atoms with Crippen LogP contribution in [-0.2, 0) is 10.0 Å². The first-order chi connectivity index (χ1) is 8.96. The number of halogens is 1. The van der Waals surface area contributed by atoms with Crippen molar-refractivity contribution in [2.75, 3.05) is 19.6 Å². The summed E-state index contributed by atoms with van der Waals surface area (Å²) in [5.41, 5.74) is 0.620. The van der Waals surface area contributed by atoms with Crippen LogP contribution in [0.2, 0.25) is 0 Å². The van der Waals surface area contributed by atoms with Crippen LogP contribution in [0.5, 0.6) is 0 Å². The molecule has 1 fully saturated rings. The first-order valence-corrected chi connectivity index (χ1v) is 8.89. The number of thiazole rings is 1. The second-order valence-electron chi connectivity index (χ2n) is 4.87. The molecule has 0 radical (unpaired) electrons. The number of nitrogens with one attached hydrogen (secondary N) is 1. The molecular weight excluding hydrogens is 318 g/mol. The van der Waals surface area contributed by atoms with E-state index in [0.717, 1.165) is 30.9 Å². The molecule has 5 nitrogen and oxygen atoms in total. The number of aromatic nitrogens is 1. The van der Waals surface area contributed by atoms with Gasteiger partial charge < -0.3 is 5.32 Å². The van der Waals surface area contributed by atoms with Crippen molar-refractivity contribution < 1.29 is 8.42 Å². The fourth-order valence-corrected chi connectivity index (χ4v) is 5.80. The zero-order chi connectivity index (χ0) is 14.0. The van der Waals surface area contributed by atoms with Crippen molar-refractivity contribution in [3.05, 3.63) is 10.7 Å². The predicted octanol–water partition coefficient (Wildman–Crippen LogP) is 1.94. The van der Waals surface area contributed by atoms with Gasteiger partial charge in [-0.15, -0.1) is 23.7 Å². The Labute approximate surface area is 131 Å². The highest BCUT2D eigenvalue weighted by Gasteiger charge is 2.34. The lowest BCUT2D eigenvalue weighted by molar-refractivity contribution is 0.335. The minimum Gasteiger partial charge on any atom is -0.315 e. The standard InChI is InChI=1S/C12H21N3O2S2.ClH/c1-4-7-15(11-5-6-13-8-11)19(16,17)12-9(2)14-10(3)18-12;/h11,13H,4-8H2,1-3H3;1H. The van der Waals surface area contributed by atoms with Gasteiger partial charge in [-0.1, -0.05) is 6.92 Å². The van der Waals surface area contributed by atoms with Crippen LogP contribution in [-0.4, -0.2) is 43.4 Å². The molecule has 1 aromatic heterocycles. The molecule has 0 bridgehead atoms. The van der Waals surface area contributed by atoms with Crippen molar-refractivity contribution in [2.24, 2.45) is 0 Å². The van der Waals surface area contributed by atoms with Gasteiger partial charge in [0, 0.05) is 19.1 Å². The number of sulfonamides is 1. The van der Waals surface area contributed by atoms with Crippen LogP contribution in [0.15, 0.2) is 4.21 Å². The first kappa shape index (κ1) is 17.8. The Morgan fingerprint density at radius 2 is 2.15 bits per heavy atom. The molecule has 1 N–H and O–H groups in total. The van der Waals surface area contributed by atoms with Gasteiger partial charge in [0.1, 0.15) is 0 Å². The fourth-order valence-electron chi connectivity index (χ4n) is 2.46. The van der Waals surface area contributed by atoms with Gasteiger partial charge in [0.05, 0.1) is 10.7 Å². The molecule has 20 heavy (non-hydrogen) atoms. The van der Waals surface area contributed by atoms with Gasteiger partial charge in [-0.25, -0.2) is 13.4 Å². The van der Waals surface area contributed by atoms with Gasteiger partial charge in [-0.3, -0.25) is 0 Å². The zero-order valence-corrected chi connectivity index (χ0v) is 14.5. The second-order valence-corrected chi connectivity index (χ2v) is 8.16. The van der Waals surface area contributed by atoms with Crippen molar-refractivity contribution in [1.29, 1.82) is 0 Å². The predicted molar refractivity (Wildman–Crippen MR) is 84.3 cm³/mol. The maximum Gasteiger partial charge on any atom is 0.254 e. The third-order valence-corrected chi connectivity index (χ3v) is 6.90. The summed E-state index contributed by atoms with van der Waals surface area (Å²) in [6, 6.07) is 0.0757. The molecule has 0 spiro atoms. The van der Waals surface area contributed by atoms with Crippen LogP contribution in [0, 0.1) is 13.8 Å². The summed E-state index contributed by atoms with van der Waals surface area (Å²) < 4.78 is 27.7. The maximum absolute atomic E-state index is 12.8. The second kappa shape index (κ2) is 7.17. The van der Waals surface area contributed by atoms with Gasteiger partial charge in [0.25, 0.3) is 10.0 Å². The average molecular weight is 340 g/mol. The lowest BCUT2D eigenvalue weighted by Crippen LogP contribution is -2.41. The molecule has 8 heteroatoms. The van der Waals surface area contributed by atoms with E-state index < -0.39 is 10.0 Å². The van der Waals surface area contributed by atoms with E-state index in [0.29, 0.717) is 16.4 Å². The molecule has 1 aliphatic rings. The van der Waals surface area contributed by atoms with Crippen molar-refractivity contribution in [3.63, 3.8) is 0 Å². The van der Waals surface area contributed by atoms with Gasteiger partial charge in [0.15, 0.2) is 4.21 Å². The normalized spacial score (nSPS) is 19.3. The van der Waals surface area contributed by atoms with Crippen LogP contribution >= 0.6 is 23.7 Å². The minimum absolute atomic E-state index is 0. The Hall–Kier alpha value is -0.210. The van der Waals surface area contributed by atoms with E-state index >= 15 is 0 Å². The number of hydrogen-bond acceptors (Lipinski definition) is 5. The van der Waals surface area contributed by atoms with Crippen molar-refractivity contribution in [1.82, 2.24) is 14.6 Å². The third-order valence-electron chi connectivity index (χ3n) is 3.29. The largest absolute Gasteiger partial charge is 0.315 e.